The maximum Gasteiger partial charge on any atom is 0.226 e. The van der Waals surface area contributed by atoms with E-state index in [4.69, 9.17) is 0 Å². The number of aromatic nitrogens is 3. The van der Waals surface area contributed by atoms with Gasteiger partial charge in [-0.25, -0.2) is 0 Å². The molecule has 4 rings (SSSR count). The summed E-state index contributed by atoms with van der Waals surface area (Å²) < 4.78 is 1.97. The molecule has 0 bridgehead atoms. The van der Waals surface area contributed by atoms with E-state index in [1.165, 1.54) is 40.6 Å². The fourth-order valence-corrected chi connectivity index (χ4v) is 4.22. The first kappa shape index (κ1) is 17.8. The molecule has 2 heterocycles. The number of carbonyl (C=O) groups is 1. The number of hydrogen-bond acceptors (Lipinski definition) is 2. The summed E-state index contributed by atoms with van der Waals surface area (Å²) in [7, 11) is 0. The fourth-order valence-electron chi connectivity index (χ4n) is 4.22. The van der Waals surface area contributed by atoms with Crippen LogP contribution in [-0.2, 0) is 17.6 Å². The van der Waals surface area contributed by atoms with Crippen LogP contribution in [0.5, 0.6) is 0 Å². The Balaban J connectivity index is 1.50. The van der Waals surface area contributed by atoms with Crippen molar-refractivity contribution in [2.24, 2.45) is 0 Å². The van der Waals surface area contributed by atoms with E-state index in [-0.39, 0.29) is 11.9 Å². The number of benzene rings is 1. The number of carbonyl (C=O) groups excluding carboxylic acids is 1. The predicted octanol–water partition coefficient (Wildman–Crippen LogP) is 4.76. The number of nitrogens with one attached hydrogen (secondary N) is 2. The molecule has 27 heavy (non-hydrogen) atoms. The number of fused-ring (bicyclic) bond motifs is 3. The third-order valence-electron chi connectivity index (χ3n) is 5.97. The third kappa shape index (κ3) is 3.27. The van der Waals surface area contributed by atoms with E-state index in [1.807, 2.05) is 24.6 Å². The van der Waals surface area contributed by atoms with Gasteiger partial charge in [-0.1, -0.05) is 0 Å². The second-order valence-corrected chi connectivity index (χ2v) is 7.89. The summed E-state index contributed by atoms with van der Waals surface area (Å²) in [5.74, 6) is 0.0245. The van der Waals surface area contributed by atoms with Crippen LogP contribution in [0, 0.1) is 20.8 Å². The smallest absolute Gasteiger partial charge is 0.226 e. The molecule has 0 unspecified atom stereocenters. The first-order valence-electron chi connectivity index (χ1n) is 9.89. The lowest BCUT2D eigenvalue weighted by molar-refractivity contribution is -0.116. The normalized spacial score (nSPS) is 15.0. The number of H-pyrrole nitrogens is 1. The summed E-state index contributed by atoms with van der Waals surface area (Å²) in [4.78, 5) is 16.1. The molecular formula is C22H28N4O. The molecule has 1 atom stereocenters. The summed E-state index contributed by atoms with van der Waals surface area (Å²) in [6, 6.07) is 6.21. The van der Waals surface area contributed by atoms with Gasteiger partial charge in [-0.05, 0) is 82.7 Å². The van der Waals surface area contributed by atoms with Crippen molar-refractivity contribution in [2.45, 2.75) is 65.8 Å². The molecule has 5 nitrogen and oxygen atoms in total. The van der Waals surface area contributed by atoms with Crippen molar-refractivity contribution < 1.29 is 4.79 Å². The first-order valence-corrected chi connectivity index (χ1v) is 9.89. The summed E-state index contributed by atoms with van der Waals surface area (Å²) in [5.41, 5.74) is 8.20. The van der Waals surface area contributed by atoms with Gasteiger partial charge in [0.15, 0.2) is 0 Å². The van der Waals surface area contributed by atoms with Gasteiger partial charge >= 0.3 is 0 Å². The number of aryl methyl sites for hydroxylation is 3. The van der Waals surface area contributed by atoms with Crippen molar-refractivity contribution in [1.29, 1.82) is 0 Å². The Morgan fingerprint density at radius 3 is 2.78 bits per heavy atom. The topological polar surface area (TPSA) is 62.7 Å². The van der Waals surface area contributed by atoms with Gasteiger partial charge in [0.2, 0.25) is 5.91 Å². The lowest BCUT2D eigenvalue weighted by atomic mass is 9.95. The van der Waals surface area contributed by atoms with Crippen LogP contribution in [0.15, 0.2) is 18.2 Å². The monoisotopic (exact) mass is 364 g/mol. The van der Waals surface area contributed by atoms with Crippen LogP contribution < -0.4 is 5.32 Å². The number of anilines is 1. The molecule has 5 heteroatoms. The van der Waals surface area contributed by atoms with Gasteiger partial charge in [-0.2, -0.15) is 5.10 Å². The molecular weight excluding hydrogens is 336 g/mol. The zero-order chi connectivity index (χ0) is 19.1. The molecule has 3 aromatic rings. The molecule has 0 saturated carbocycles. The summed E-state index contributed by atoms with van der Waals surface area (Å²) in [5, 5.41) is 8.92. The van der Waals surface area contributed by atoms with Crippen LogP contribution >= 0.6 is 0 Å². The van der Waals surface area contributed by atoms with E-state index in [0.717, 1.165) is 29.9 Å². The molecule has 142 valence electrons. The van der Waals surface area contributed by atoms with E-state index in [2.05, 4.69) is 41.4 Å². The molecule has 0 fully saturated rings. The van der Waals surface area contributed by atoms with Crippen LogP contribution in [0.2, 0.25) is 0 Å². The van der Waals surface area contributed by atoms with Crippen LogP contribution in [0.3, 0.4) is 0 Å². The van der Waals surface area contributed by atoms with Crippen molar-refractivity contribution in [1.82, 2.24) is 14.8 Å². The zero-order valence-corrected chi connectivity index (χ0v) is 16.6. The van der Waals surface area contributed by atoms with Gasteiger partial charge in [0.25, 0.3) is 0 Å². The van der Waals surface area contributed by atoms with Crippen LogP contribution in [0.1, 0.15) is 60.4 Å². The lowest BCUT2D eigenvalue weighted by Gasteiger charge is -2.15. The first-order chi connectivity index (χ1) is 12.9. The van der Waals surface area contributed by atoms with Crippen molar-refractivity contribution >= 4 is 22.5 Å². The number of amides is 1. The fraction of sp³-hybridized carbons (Fsp3) is 0.455. The molecule has 1 aliphatic rings. The molecule has 1 aliphatic carbocycles. The maximum atomic E-state index is 12.6. The minimum absolute atomic E-state index is 0.0245. The highest BCUT2D eigenvalue weighted by atomic mass is 16.1. The molecule has 0 saturated heterocycles. The Labute approximate surface area is 160 Å². The lowest BCUT2D eigenvalue weighted by Crippen LogP contribution is -2.19. The zero-order valence-electron chi connectivity index (χ0n) is 16.6. The van der Waals surface area contributed by atoms with E-state index in [0.29, 0.717) is 6.42 Å². The average molecular weight is 364 g/mol. The third-order valence-corrected chi connectivity index (χ3v) is 5.97. The van der Waals surface area contributed by atoms with Crippen molar-refractivity contribution in [3.05, 3.63) is 46.4 Å². The summed E-state index contributed by atoms with van der Waals surface area (Å²) >= 11 is 0. The number of nitrogens with zero attached hydrogens (tertiary/aromatic N) is 2. The largest absolute Gasteiger partial charge is 0.358 e. The highest BCUT2D eigenvalue weighted by Crippen LogP contribution is 2.31. The Hall–Kier alpha value is -2.56. The molecule has 2 aromatic heterocycles. The number of hydrogen-bond donors (Lipinski definition) is 2. The van der Waals surface area contributed by atoms with Gasteiger partial charge in [0, 0.05) is 34.4 Å². The van der Waals surface area contributed by atoms with Gasteiger partial charge in [-0.3, -0.25) is 9.48 Å². The Kier molecular flexibility index (Phi) is 4.54. The highest BCUT2D eigenvalue weighted by molar-refractivity contribution is 5.95. The van der Waals surface area contributed by atoms with Gasteiger partial charge < -0.3 is 10.3 Å². The quantitative estimate of drug-likeness (QED) is 0.701. The molecule has 1 amide bonds. The number of aromatic amines is 1. The maximum absolute atomic E-state index is 12.6. The molecule has 0 aliphatic heterocycles. The summed E-state index contributed by atoms with van der Waals surface area (Å²) in [6.45, 7) is 8.20. The van der Waals surface area contributed by atoms with Crippen LogP contribution in [0.25, 0.3) is 10.9 Å². The van der Waals surface area contributed by atoms with Crippen LogP contribution in [-0.4, -0.2) is 20.7 Å². The van der Waals surface area contributed by atoms with Crippen molar-refractivity contribution in [3.63, 3.8) is 0 Å². The Morgan fingerprint density at radius 2 is 2.04 bits per heavy atom. The van der Waals surface area contributed by atoms with Crippen molar-refractivity contribution in [2.75, 3.05) is 5.32 Å². The molecule has 2 N–H and O–H groups in total. The number of rotatable bonds is 4. The van der Waals surface area contributed by atoms with E-state index < -0.39 is 0 Å². The van der Waals surface area contributed by atoms with Crippen molar-refractivity contribution in [3.8, 4) is 0 Å². The standard InChI is InChI=1S/C22H28N4O/c1-13(26-16(4)14(2)15(3)25-26)11-22(27)23-17-9-10-21-19(12-17)18-7-5-6-8-20(18)24-21/h9-10,12-13,24H,5-8,11H2,1-4H3,(H,23,27)/t13-/m0/s1. The average Bonchev–Trinajstić information content (AvgIpc) is 3.14. The molecule has 0 spiro atoms. The van der Waals surface area contributed by atoms with Gasteiger partial charge in [0.05, 0.1) is 11.7 Å². The Morgan fingerprint density at radius 1 is 1.26 bits per heavy atom. The SMILES string of the molecule is Cc1nn([C@@H](C)CC(=O)Nc2ccc3[nH]c4c(c3c2)CCCC4)c(C)c1C. The van der Waals surface area contributed by atoms with Crippen LogP contribution in [0.4, 0.5) is 5.69 Å². The molecule has 1 aromatic carbocycles. The Bertz CT molecular complexity index is 1010. The van der Waals surface area contributed by atoms with E-state index in [1.54, 1.807) is 0 Å². The van der Waals surface area contributed by atoms with E-state index >= 15 is 0 Å². The molecule has 0 radical (unpaired) electrons. The second kappa shape index (κ2) is 6.87. The second-order valence-electron chi connectivity index (χ2n) is 7.89. The summed E-state index contributed by atoms with van der Waals surface area (Å²) in [6.07, 6.45) is 5.17. The predicted molar refractivity (Wildman–Crippen MR) is 109 cm³/mol. The minimum atomic E-state index is 0.0245. The highest BCUT2D eigenvalue weighted by Gasteiger charge is 2.18. The van der Waals surface area contributed by atoms with E-state index in [9.17, 15) is 4.79 Å². The minimum Gasteiger partial charge on any atom is -0.358 e. The van der Waals surface area contributed by atoms with Gasteiger partial charge in [-0.15, -0.1) is 0 Å². The van der Waals surface area contributed by atoms with Gasteiger partial charge in [0.1, 0.15) is 0 Å².